The maximum absolute atomic E-state index is 4.28. The summed E-state index contributed by atoms with van der Waals surface area (Å²) in [6.45, 7) is 6.46. The molecule has 0 unspecified atom stereocenters. The van der Waals surface area contributed by atoms with E-state index in [-0.39, 0.29) is 0 Å². The number of aromatic nitrogens is 2. The van der Waals surface area contributed by atoms with E-state index < -0.39 is 0 Å². The molecule has 0 saturated carbocycles. The summed E-state index contributed by atoms with van der Waals surface area (Å²) in [6, 6.07) is 8.37. The van der Waals surface area contributed by atoms with Gasteiger partial charge in [0, 0.05) is 22.1 Å². The van der Waals surface area contributed by atoms with E-state index in [1.165, 1.54) is 3.57 Å². The van der Waals surface area contributed by atoms with E-state index in [2.05, 4.69) is 76.2 Å². The SMILES string of the molecule is CC(C)CNCCc1nnc(-c2cccc(I)c2)s1. The van der Waals surface area contributed by atoms with Crippen molar-refractivity contribution in [2.75, 3.05) is 13.1 Å². The van der Waals surface area contributed by atoms with Gasteiger partial charge in [0.15, 0.2) is 0 Å². The van der Waals surface area contributed by atoms with Crippen molar-refractivity contribution in [2.24, 2.45) is 5.92 Å². The Balaban J connectivity index is 1.92. The second-order valence-electron chi connectivity index (χ2n) is 4.86. The van der Waals surface area contributed by atoms with Crippen LogP contribution in [0.3, 0.4) is 0 Å². The van der Waals surface area contributed by atoms with E-state index in [0.29, 0.717) is 5.92 Å². The summed E-state index contributed by atoms with van der Waals surface area (Å²) in [5.41, 5.74) is 1.16. The zero-order valence-electron chi connectivity index (χ0n) is 11.2. The molecule has 0 amide bonds. The zero-order chi connectivity index (χ0) is 13.7. The van der Waals surface area contributed by atoms with Gasteiger partial charge in [-0.25, -0.2) is 0 Å². The van der Waals surface area contributed by atoms with Gasteiger partial charge in [-0.05, 0) is 47.2 Å². The first kappa shape index (κ1) is 14.9. The first-order chi connectivity index (χ1) is 9.15. The fraction of sp³-hybridized carbons (Fsp3) is 0.429. The largest absolute Gasteiger partial charge is 0.316 e. The number of rotatable bonds is 6. The second kappa shape index (κ2) is 7.31. The lowest BCUT2D eigenvalue weighted by Crippen LogP contribution is -2.22. The molecule has 1 N–H and O–H groups in total. The Morgan fingerprint density at radius 2 is 2.16 bits per heavy atom. The summed E-state index contributed by atoms with van der Waals surface area (Å²) in [5, 5.41) is 14.1. The molecule has 19 heavy (non-hydrogen) atoms. The van der Waals surface area contributed by atoms with E-state index >= 15 is 0 Å². The standard InChI is InChI=1S/C14H18IN3S/c1-10(2)9-16-7-6-13-17-18-14(19-13)11-4-3-5-12(15)8-11/h3-5,8,10,16H,6-7,9H2,1-2H3. The number of nitrogens with zero attached hydrogens (tertiary/aromatic N) is 2. The Labute approximate surface area is 132 Å². The molecule has 2 aromatic rings. The first-order valence-electron chi connectivity index (χ1n) is 6.44. The zero-order valence-corrected chi connectivity index (χ0v) is 14.2. The van der Waals surface area contributed by atoms with Crippen molar-refractivity contribution >= 4 is 33.9 Å². The van der Waals surface area contributed by atoms with Gasteiger partial charge in [0.25, 0.3) is 0 Å². The van der Waals surface area contributed by atoms with Crippen molar-refractivity contribution in [1.29, 1.82) is 0 Å². The highest BCUT2D eigenvalue weighted by Gasteiger charge is 2.06. The predicted molar refractivity (Wildman–Crippen MR) is 89.5 cm³/mol. The first-order valence-corrected chi connectivity index (χ1v) is 8.33. The van der Waals surface area contributed by atoms with E-state index in [1.807, 2.05) is 0 Å². The minimum Gasteiger partial charge on any atom is -0.316 e. The van der Waals surface area contributed by atoms with E-state index in [0.717, 1.165) is 35.1 Å². The molecule has 0 bridgehead atoms. The lowest BCUT2D eigenvalue weighted by atomic mass is 10.2. The molecule has 0 radical (unpaired) electrons. The van der Waals surface area contributed by atoms with Crippen LogP contribution >= 0.6 is 33.9 Å². The highest BCUT2D eigenvalue weighted by atomic mass is 127. The molecule has 2 rings (SSSR count). The Hall–Kier alpha value is -0.530. The number of hydrogen-bond donors (Lipinski definition) is 1. The van der Waals surface area contributed by atoms with Gasteiger partial charge < -0.3 is 5.32 Å². The van der Waals surface area contributed by atoms with E-state index in [4.69, 9.17) is 0 Å². The summed E-state index contributed by atoms with van der Waals surface area (Å²) >= 11 is 4.01. The monoisotopic (exact) mass is 387 g/mol. The highest BCUT2D eigenvalue weighted by molar-refractivity contribution is 14.1. The number of nitrogens with one attached hydrogen (secondary N) is 1. The van der Waals surface area contributed by atoms with Gasteiger partial charge in [-0.15, -0.1) is 10.2 Å². The van der Waals surface area contributed by atoms with Gasteiger partial charge in [-0.1, -0.05) is 37.3 Å². The van der Waals surface area contributed by atoms with Crippen LogP contribution in [0.25, 0.3) is 10.6 Å². The molecule has 0 aliphatic heterocycles. The van der Waals surface area contributed by atoms with Gasteiger partial charge in [-0.3, -0.25) is 0 Å². The van der Waals surface area contributed by atoms with Gasteiger partial charge >= 0.3 is 0 Å². The number of hydrogen-bond acceptors (Lipinski definition) is 4. The smallest absolute Gasteiger partial charge is 0.147 e. The number of benzene rings is 1. The Bertz CT molecular complexity index is 525. The van der Waals surface area contributed by atoms with Crippen LogP contribution in [0.4, 0.5) is 0 Å². The molecule has 0 fully saturated rings. The Morgan fingerprint density at radius 1 is 1.32 bits per heavy atom. The van der Waals surface area contributed by atoms with Crippen LogP contribution in [0.15, 0.2) is 24.3 Å². The summed E-state index contributed by atoms with van der Waals surface area (Å²) in [4.78, 5) is 0. The molecular formula is C14H18IN3S. The number of halogens is 1. The highest BCUT2D eigenvalue weighted by Crippen LogP contribution is 2.24. The van der Waals surface area contributed by atoms with Crippen molar-refractivity contribution in [1.82, 2.24) is 15.5 Å². The van der Waals surface area contributed by atoms with Crippen molar-refractivity contribution in [3.05, 3.63) is 32.8 Å². The average molecular weight is 387 g/mol. The predicted octanol–water partition coefficient (Wildman–Crippen LogP) is 3.60. The fourth-order valence-electron chi connectivity index (χ4n) is 1.68. The van der Waals surface area contributed by atoms with Crippen LogP contribution in [-0.2, 0) is 6.42 Å². The van der Waals surface area contributed by atoms with Crippen LogP contribution in [0.5, 0.6) is 0 Å². The van der Waals surface area contributed by atoms with Crippen LogP contribution in [0.1, 0.15) is 18.9 Å². The lowest BCUT2D eigenvalue weighted by molar-refractivity contribution is 0.553. The molecule has 1 aromatic heterocycles. The molecule has 0 spiro atoms. The molecule has 0 aliphatic rings. The van der Waals surface area contributed by atoms with Crippen molar-refractivity contribution < 1.29 is 0 Å². The van der Waals surface area contributed by atoms with Gasteiger partial charge in [-0.2, -0.15) is 0 Å². The van der Waals surface area contributed by atoms with E-state index in [9.17, 15) is 0 Å². The molecule has 0 aliphatic carbocycles. The molecule has 5 heteroatoms. The van der Waals surface area contributed by atoms with Crippen LogP contribution in [0.2, 0.25) is 0 Å². The summed E-state index contributed by atoms with van der Waals surface area (Å²) in [7, 11) is 0. The molecular weight excluding hydrogens is 369 g/mol. The van der Waals surface area contributed by atoms with Crippen LogP contribution in [0, 0.1) is 9.49 Å². The van der Waals surface area contributed by atoms with Gasteiger partial charge in [0.1, 0.15) is 10.0 Å². The lowest BCUT2D eigenvalue weighted by Gasteiger charge is -2.05. The third-order valence-electron chi connectivity index (χ3n) is 2.61. The maximum atomic E-state index is 4.28. The topological polar surface area (TPSA) is 37.8 Å². The van der Waals surface area contributed by atoms with Crippen molar-refractivity contribution in [2.45, 2.75) is 20.3 Å². The quantitative estimate of drug-likeness (QED) is 0.608. The summed E-state index contributed by atoms with van der Waals surface area (Å²) in [6.07, 6.45) is 0.953. The molecule has 1 heterocycles. The summed E-state index contributed by atoms with van der Waals surface area (Å²) < 4.78 is 1.23. The normalized spacial score (nSPS) is 11.2. The maximum Gasteiger partial charge on any atom is 0.147 e. The molecule has 102 valence electrons. The minimum atomic E-state index is 0.691. The minimum absolute atomic E-state index is 0.691. The van der Waals surface area contributed by atoms with Crippen LogP contribution in [-0.4, -0.2) is 23.3 Å². The molecule has 1 aromatic carbocycles. The summed E-state index contributed by atoms with van der Waals surface area (Å²) in [5.74, 6) is 0.691. The van der Waals surface area contributed by atoms with E-state index in [1.54, 1.807) is 11.3 Å². The Morgan fingerprint density at radius 3 is 2.89 bits per heavy atom. The molecule has 0 saturated heterocycles. The average Bonchev–Trinajstić information content (AvgIpc) is 2.83. The van der Waals surface area contributed by atoms with Crippen molar-refractivity contribution in [3.8, 4) is 10.6 Å². The third-order valence-corrected chi connectivity index (χ3v) is 4.31. The third kappa shape index (κ3) is 4.81. The molecule has 0 atom stereocenters. The molecule has 3 nitrogen and oxygen atoms in total. The van der Waals surface area contributed by atoms with Crippen LogP contribution < -0.4 is 5.32 Å². The Kier molecular flexibility index (Phi) is 5.72. The van der Waals surface area contributed by atoms with Gasteiger partial charge in [0.2, 0.25) is 0 Å². The second-order valence-corrected chi connectivity index (χ2v) is 7.17. The van der Waals surface area contributed by atoms with Crippen molar-refractivity contribution in [3.63, 3.8) is 0 Å². The fourth-order valence-corrected chi connectivity index (χ4v) is 3.06. The van der Waals surface area contributed by atoms with Gasteiger partial charge in [0.05, 0.1) is 0 Å².